The summed E-state index contributed by atoms with van der Waals surface area (Å²) in [5.41, 5.74) is 3.20. The maximum atomic E-state index is 10.8. The molecule has 2 aromatic heterocycles. The molecule has 0 atom stereocenters. The van der Waals surface area contributed by atoms with Gasteiger partial charge in [-0.15, -0.1) is 0 Å². The molecule has 0 aliphatic rings. The number of nitro groups is 1. The summed E-state index contributed by atoms with van der Waals surface area (Å²) in [6.07, 6.45) is 7.28. The molecule has 0 amide bonds. The van der Waals surface area contributed by atoms with E-state index in [1.165, 1.54) is 0 Å². The van der Waals surface area contributed by atoms with E-state index in [1.807, 2.05) is 25.1 Å². The van der Waals surface area contributed by atoms with Crippen molar-refractivity contribution in [3.05, 3.63) is 69.9 Å². The second-order valence-corrected chi connectivity index (χ2v) is 7.08. The summed E-state index contributed by atoms with van der Waals surface area (Å²) in [6, 6.07) is 5.89. The van der Waals surface area contributed by atoms with Gasteiger partial charge in [-0.25, -0.2) is 4.98 Å². The van der Waals surface area contributed by atoms with Gasteiger partial charge >= 0.3 is 0 Å². The van der Waals surface area contributed by atoms with Gasteiger partial charge in [0.05, 0.1) is 16.9 Å². The van der Waals surface area contributed by atoms with Gasteiger partial charge in [0, 0.05) is 42.2 Å². The van der Waals surface area contributed by atoms with Crippen molar-refractivity contribution in [1.82, 2.24) is 25.6 Å². The molecule has 3 N–H and O–H groups in total. The molecule has 0 aliphatic carbocycles. The monoisotopic (exact) mass is 390 g/mol. The van der Waals surface area contributed by atoms with Gasteiger partial charge in [-0.1, -0.05) is 6.07 Å². The zero-order chi connectivity index (χ0) is 19.3. The molecule has 2 aromatic rings. The largest absolute Gasteiger partial charge is 0.367 e. The Bertz CT molecular complexity index is 720. The van der Waals surface area contributed by atoms with Crippen LogP contribution in [0.5, 0.6) is 0 Å². The third kappa shape index (κ3) is 8.59. The summed E-state index contributed by atoms with van der Waals surface area (Å²) in [5, 5.41) is 17.0. The van der Waals surface area contributed by atoms with Gasteiger partial charge in [-0.05, 0) is 38.3 Å². The molecule has 2 rings (SSSR count). The van der Waals surface area contributed by atoms with Crippen LogP contribution in [0, 0.1) is 17.0 Å². The summed E-state index contributed by atoms with van der Waals surface area (Å²) in [6.45, 7) is 3.30. The molecule has 0 spiro atoms. The highest BCUT2D eigenvalue weighted by Crippen LogP contribution is 2.11. The van der Waals surface area contributed by atoms with Crippen LogP contribution in [0.4, 0.5) is 0 Å². The molecular weight excluding hydrogens is 364 g/mol. The maximum absolute atomic E-state index is 10.8. The van der Waals surface area contributed by atoms with E-state index in [9.17, 15) is 10.1 Å². The molecule has 0 aliphatic heterocycles. The van der Waals surface area contributed by atoms with E-state index in [-0.39, 0.29) is 0 Å². The number of hydrogen-bond acceptors (Lipinski definition) is 7. The third-order valence-electron chi connectivity index (χ3n) is 3.88. The Morgan fingerprint density at radius 2 is 2.15 bits per heavy atom. The van der Waals surface area contributed by atoms with Crippen LogP contribution in [0.1, 0.15) is 29.9 Å². The Morgan fingerprint density at radius 3 is 2.85 bits per heavy atom. The molecule has 2 heterocycles. The van der Waals surface area contributed by atoms with Crippen LogP contribution in [-0.4, -0.2) is 38.7 Å². The predicted octanol–water partition coefficient (Wildman–Crippen LogP) is 2.62. The Hall–Kier alpha value is -2.55. The first-order chi connectivity index (χ1) is 13.1. The van der Waals surface area contributed by atoms with Crippen LogP contribution < -0.4 is 10.6 Å². The number of aryl methyl sites for hydroxylation is 2. The number of nitrogens with one attached hydrogen (secondary N) is 3. The zero-order valence-corrected chi connectivity index (χ0v) is 16.3. The van der Waals surface area contributed by atoms with E-state index in [4.69, 9.17) is 0 Å². The van der Waals surface area contributed by atoms with Crippen LogP contribution in [0.15, 0.2) is 42.7 Å². The minimum absolute atomic E-state index is 0.440. The number of rotatable bonds is 13. The van der Waals surface area contributed by atoms with Crippen molar-refractivity contribution in [1.29, 1.82) is 0 Å². The zero-order valence-electron chi connectivity index (χ0n) is 15.5. The van der Waals surface area contributed by atoms with Gasteiger partial charge in [0.15, 0.2) is 5.82 Å². The molecule has 0 fully saturated rings. The molecule has 0 aromatic carbocycles. The first kappa shape index (κ1) is 20.8. The molecule has 146 valence electrons. The van der Waals surface area contributed by atoms with E-state index in [0.717, 1.165) is 54.0 Å². The highest BCUT2D eigenvalue weighted by molar-refractivity contribution is 7.98. The normalized spacial score (nSPS) is 11.4. The van der Waals surface area contributed by atoms with Gasteiger partial charge in [-0.2, -0.15) is 11.8 Å². The number of aromatic nitrogens is 3. The Kier molecular flexibility index (Phi) is 9.19. The van der Waals surface area contributed by atoms with Crippen LogP contribution in [0.3, 0.4) is 0 Å². The van der Waals surface area contributed by atoms with Crippen LogP contribution in [0.2, 0.25) is 0 Å². The predicted molar refractivity (Wildman–Crippen MR) is 108 cm³/mol. The molecule has 8 nitrogen and oxygen atoms in total. The Morgan fingerprint density at radius 1 is 1.30 bits per heavy atom. The highest BCUT2D eigenvalue weighted by atomic mass is 32.2. The molecule has 27 heavy (non-hydrogen) atoms. The summed E-state index contributed by atoms with van der Waals surface area (Å²) >= 11 is 1.75. The minimum atomic E-state index is -0.440. The van der Waals surface area contributed by atoms with E-state index >= 15 is 0 Å². The molecule has 0 bridgehead atoms. The first-order valence-electron chi connectivity index (χ1n) is 8.94. The summed E-state index contributed by atoms with van der Waals surface area (Å²) in [7, 11) is 0. The SMILES string of the molecule is Cc1nc[nH]c1CSCCN/C(=C\[N+](=O)[O-])NCCCCc1ccccn1. The van der Waals surface area contributed by atoms with E-state index < -0.39 is 4.92 Å². The van der Waals surface area contributed by atoms with Crippen LogP contribution in [0.25, 0.3) is 0 Å². The fourth-order valence-corrected chi connectivity index (χ4v) is 3.31. The number of thioether (sulfide) groups is 1. The Labute approximate surface area is 163 Å². The Balaban J connectivity index is 1.61. The molecule has 0 saturated carbocycles. The van der Waals surface area contributed by atoms with E-state index in [2.05, 4.69) is 25.6 Å². The van der Waals surface area contributed by atoms with Gasteiger partial charge in [0.1, 0.15) is 0 Å². The second-order valence-electron chi connectivity index (χ2n) is 5.98. The van der Waals surface area contributed by atoms with Crippen molar-refractivity contribution in [3.63, 3.8) is 0 Å². The van der Waals surface area contributed by atoms with Crippen molar-refractivity contribution in [2.24, 2.45) is 0 Å². The second kappa shape index (κ2) is 11.9. The number of unbranched alkanes of at least 4 members (excludes halogenated alkanes) is 1. The van der Waals surface area contributed by atoms with E-state index in [1.54, 1.807) is 24.3 Å². The van der Waals surface area contributed by atoms with Crippen molar-refractivity contribution in [3.8, 4) is 0 Å². The fraction of sp³-hybridized carbons (Fsp3) is 0.444. The van der Waals surface area contributed by atoms with Gasteiger partial charge in [0.25, 0.3) is 6.20 Å². The molecule has 0 unspecified atom stereocenters. The van der Waals surface area contributed by atoms with Crippen LogP contribution >= 0.6 is 11.8 Å². The van der Waals surface area contributed by atoms with Crippen molar-refractivity contribution in [2.45, 2.75) is 31.9 Å². The lowest BCUT2D eigenvalue weighted by Crippen LogP contribution is -2.29. The lowest BCUT2D eigenvalue weighted by atomic mass is 10.2. The lowest BCUT2D eigenvalue weighted by Gasteiger charge is -2.11. The molecule has 0 saturated heterocycles. The number of imidazole rings is 1. The lowest BCUT2D eigenvalue weighted by molar-refractivity contribution is -0.404. The van der Waals surface area contributed by atoms with Gasteiger partial charge in [0.2, 0.25) is 0 Å². The standard InChI is InChI=1S/C18H26N6O2S/c1-15-17(23-14-22-15)13-27-11-10-21-18(12-24(25)26)20-9-5-3-7-16-6-2-4-8-19-16/h2,4,6,8,12,14,20-21H,3,5,7,9-11,13H2,1H3,(H,22,23)/b18-12-. The molecule has 9 heteroatoms. The average Bonchev–Trinajstić information content (AvgIpc) is 3.06. The number of pyridine rings is 1. The summed E-state index contributed by atoms with van der Waals surface area (Å²) in [4.78, 5) is 21.9. The molecular formula is C18H26N6O2S. The quantitative estimate of drug-likeness (QED) is 0.274. The number of nitrogens with zero attached hydrogens (tertiary/aromatic N) is 3. The number of hydrogen-bond donors (Lipinski definition) is 3. The number of aromatic amines is 1. The van der Waals surface area contributed by atoms with Crippen molar-refractivity contribution >= 4 is 11.8 Å². The minimum Gasteiger partial charge on any atom is -0.367 e. The molecule has 0 radical (unpaired) electrons. The van der Waals surface area contributed by atoms with Crippen molar-refractivity contribution < 1.29 is 4.92 Å². The fourth-order valence-electron chi connectivity index (χ4n) is 2.43. The van der Waals surface area contributed by atoms with Gasteiger partial charge < -0.3 is 15.6 Å². The highest BCUT2D eigenvalue weighted by Gasteiger charge is 2.04. The summed E-state index contributed by atoms with van der Waals surface area (Å²) in [5.74, 6) is 2.15. The topological polar surface area (TPSA) is 109 Å². The average molecular weight is 391 g/mol. The maximum Gasteiger partial charge on any atom is 0.274 e. The summed E-state index contributed by atoms with van der Waals surface area (Å²) < 4.78 is 0. The smallest absolute Gasteiger partial charge is 0.274 e. The van der Waals surface area contributed by atoms with Crippen LogP contribution in [-0.2, 0) is 12.2 Å². The van der Waals surface area contributed by atoms with E-state index in [0.29, 0.717) is 18.9 Å². The van der Waals surface area contributed by atoms with Gasteiger partial charge in [-0.3, -0.25) is 15.1 Å². The van der Waals surface area contributed by atoms with Crippen molar-refractivity contribution in [2.75, 3.05) is 18.8 Å². The first-order valence-corrected chi connectivity index (χ1v) is 10.1. The third-order valence-corrected chi connectivity index (χ3v) is 4.86. The number of H-pyrrole nitrogens is 1.